The predicted molar refractivity (Wildman–Crippen MR) is 161 cm³/mol. The monoisotopic (exact) mass is 555 g/mol. The number of rotatable bonds is 9. The van der Waals surface area contributed by atoms with Crippen LogP contribution < -0.4 is 25.2 Å². The lowest BCUT2D eigenvalue weighted by Gasteiger charge is -2.28. The van der Waals surface area contributed by atoms with Crippen molar-refractivity contribution < 1.29 is 19.0 Å². The van der Waals surface area contributed by atoms with Gasteiger partial charge in [-0.25, -0.2) is 4.98 Å². The Bertz CT molecular complexity index is 1560. The van der Waals surface area contributed by atoms with Crippen LogP contribution in [-0.2, 0) is 0 Å². The molecule has 0 unspecified atom stereocenters. The molecule has 5 rings (SSSR count). The first-order valence-corrected chi connectivity index (χ1v) is 14.2. The average Bonchev–Trinajstić information content (AvgIpc) is 3.02. The maximum atomic E-state index is 13.7. The normalized spacial score (nSPS) is 16.8. The minimum Gasteiger partial charge on any atom is -0.493 e. The molecule has 1 N–H and O–H groups in total. The summed E-state index contributed by atoms with van der Waals surface area (Å²) in [6.07, 6.45) is 7.47. The number of methoxy groups -OCH3 is 3. The molecule has 3 aromatic carbocycles. The van der Waals surface area contributed by atoms with Gasteiger partial charge in [0.05, 0.1) is 32.2 Å². The van der Waals surface area contributed by atoms with Crippen LogP contribution in [0.2, 0.25) is 0 Å². The molecule has 4 aromatic rings. The van der Waals surface area contributed by atoms with Gasteiger partial charge in [0.2, 0.25) is 5.75 Å². The second kappa shape index (κ2) is 12.5. The molecule has 41 heavy (non-hydrogen) atoms. The Balaban J connectivity index is 1.48. The van der Waals surface area contributed by atoms with E-state index in [-0.39, 0.29) is 5.82 Å². The van der Waals surface area contributed by atoms with Crippen LogP contribution in [0.3, 0.4) is 0 Å². The molecule has 1 fully saturated rings. The molecule has 1 saturated carbocycles. The topological polar surface area (TPSA) is 91.7 Å². The summed E-state index contributed by atoms with van der Waals surface area (Å²) < 4.78 is 17.7. The Morgan fingerprint density at radius 1 is 0.927 bits per heavy atom. The van der Waals surface area contributed by atoms with Gasteiger partial charge in [0.15, 0.2) is 17.3 Å². The molecule has 1 aliphatic rings. The number of carbonyl (C=O) groups is 1. The molecule has 1 aliphatic carbocycles. The average molecular weight is 556 g/mol. The Hall–Kier alpha value is -4.33. The van der Waals surface area contributed by atoms with Gasteiger partial charge in [0.1, 0.15) is 0 Å². The van der Waals surface area contributed by atoms with E-state index in [2.05, 4.69) is 12.3 Å². The standard InChI is InChI=1S/C33H37N3O5/c1-5-8-21-11-13-22(14-12-21)23-15-17-24(18-16-23)32(37)35-36-31(34-27-10-7-6-9-26(27)33(36)38)25-19-28(39-2)30(41-4)29(20-25)40-3/h6-7,9-10,15-22H,5,8,11-14H2,1-4H3,(H,35,37). The minimum atomic E-state index is -0.406. The van der Waals surface area contributed by atoms with Crippen LogP contribution in [0.15, 0.2) is 65.5 Å². The molecule has 1 aromatic heterocycles. The van der Waals surface area contributed by atoms with Crippen LogP contribution in [0.5, 0.6) is 17.2 Å². The number of aromatic nitrogens is 2. The second-order valence-electron chi connectivity index (χ2n) is 10.6. The SMILES string of the molecule is CCCC1CCC(c2ccc(C(=O)Nn3c(-c4cc(OC)c(OC)c(OC)c4)nc4ccccc4c3=O)cc2)CC1. The van der Waals surface area contributed by atoms with E-state index in [1.807, 2.05) is 30.3 Å². The van der Waals surface area contributed by atoms with Crippen LogP contribution in [0.25, 0.3) is 22.3 Å². The highest BCUT2D eigenvalue weighted by Gasteiger charge is 2.23. The first-order chi connectivity index (χ1) is 20.0. The molecule has 0 spiro atoms. The highest BCUT2D eigenvalue weighted by atomic mass is 16.5. The molecule has 214 valence electrons. The third-order valence-electron chi connectivity index (χ3n) is 8.10. The van der Waals surface area contributed by atoms with Crippen molar-refractivity contribution in [2.24, 2.45) is 5.92 Å². The summed E-state index contributed by atoms with van der Waals surface area (Å²) >= 11 is 0. The molecule has 0 saturated heterocycles. The van der Waals surface area contributed by atoms with Gasteiger partial charge >= 0.3 is 0 Å². The van der Waals surface area contributed by atoms with Crippen molar-refractivity contribution in [2.45, 2.75) is 51.4 Å². The smallest absolute Gasteiger partial charge is 0.280 e. The van der Waals surface area contributed by atoms with Gasteiger partial charge in [0, 0.05) is 11.1 Å². The number of carbonyl (C=O) groups excluding carboxylic acids is 1. The van der Waals surface area contributed by atoms with Gasteiger partial charge in [-0.3, -0.25) is 15.0 Å². The number of hydrogen-bond acceptors (Lipinski definition) is 6. The van der Waals surface area contributed by atoms with Crippen molar-refractivity contribution >= 4 is 16.8 Å². The quantitative estimate of drug-likeness (QED) is 0.252. The van der Waals surface area contributed by atoms with Crippen LogP contribution in [-0.4, -0.2) is 36.9 Å². The van der Waals surface area contributed by atoms with E-state index in [4.69, 9.17) is 19.2 Å². The molecular formula is C33H37N3O5. The lowest BCUT2D eigenvalue weighted by molar-refractivity contribution is 0.101. The maximum Gasteiger partial charge on any atom is 0.280 e. The van der Waals surface area contributed by atoms with Crippen molar-refractivity contribution in [1.29, 1.82) is 0 Å². The number of para-hydroxylation sites is 1. The van der Waals surface area contributed by atoms with Gasteiger partial charge in [0.25, 0.3) is 11.5 Å². The first-order valence-electron chi connectivity index (χ1n) is 14.2. The molecular weight excluding hydrogens is 518 g/mol. The summed E-state index contributed by atoms with van der Waals surface area (Å²) in [5.41, 5.74) is 5.14. The number of nitrogens with one attached hydrogen (secondary N) is 1. The van der Waals surface area contributed by atoms with E-state index in [0.29, 0.717) is 45.2 Å². The number of benzene rings is 3. The summed E-state index contributed by atoms with van der Waals surface area (Å²) in [5.74, 6) is 2.42. The molecule has 1 amide bonds. The molecule has 8 heteroatoms. The van der Waals surface area contributed by atoms with E-state index in [1.54, 1.807) is 30.3 Å². The van der Waals surface area contributed by atoms with Crippen molar-refractivity contribution in [3.05, 3.63) is 82.1 Å². The number of nitrogens with zero attached hydrogens (tertiary/aromatic N) is 2. The Kier molecular flexibility index (Phi) is 8.57. The fraction of sp³-hybridized carbons (Fsp3) is 0.364. The zero-order valence-corrected chi connectivity index (χ0v) is 24.1. The van der Waals surface area contributed by atoms with Crippen molar-refractivity contribution in [1.82, 2.24) is 9.66 Å². The van der Waals surface area contributed by atoms with Crippen molar-refractivity contribution in [3.63, 3.8) is 0 Å². The molecule has 1 heterocycles. The van der Waals surface area contributed by atoms with Gasteiger partial charge in [-0.2, -0.15) is 4.68 Å². The fourth-order valence-corrected chi connectivity index (χ4v) is 5.91. The third kappa shape index (κ3) is 5.78. The molecule has 8 nitrogen and oxygen atoms in total. The third-order valence-corrected chi connectivity index (χ3v) is 8.10. The first kappa shape index (κ1) is 28.2. The molecule has 0 radical (unpaired) electrons. The Morgan fingerprint density at radius 2 is 1.59 bits per heavy atom. The maximum absolute atomic E-state index is 13.7. The zero-order chi connectivity index (χ0) is 28.9. The Labute approximate surface area is 240 Å². The van der Waals surface area contributed by atoms with Gasteiger partial charge in [-0.15, -0.1) is 0 Å². The fourth-order valence-electron chi connectivity index (χ4n) is 5.91. The zero-order valence-electron chi connectivity index (χ0n) is 24.1. The van der Waals surface area contributed by atoms with E-state index < -0.39 is 11.5 Å². The van der Waals surface area contributed by atoms with Gasteiger partial charge in [-0.05, 0) is 79.5 Å². The van der Waals surface area contributed by atoms with Gasteiger partial charge in [-0.1, -0.05) is 44.0 Å². The lowest BCUT2D eigenvalue weighted by Crippen LogP contribution is -2.35. The molecule has 0 bridgehead atoms. The summed E-state index contributed by atoms with van der Waals surface area (Å²) in [7, 11) is 4.56. The number of fused-ring (bicyclic) bond motifs is 1. The summed E-state index contributed by atoms with van der Waals surface area (Å²) in [6.45, 7) is 2.26. The predicted octanol–water partition coefficient (Wildman–Crippen LogP) is 6.55. The number of hydrogen-bond donors (Lipinski definition) is 1. The largest absolute Gasteiger partial charge is 0.493 e. The summed E-state index contributed by atoms with van der Waals surface area (Å²) in [6, 6.07) is 18.2. The highest BCUT2D eigenvalue weighted by Crippen LogP contribution is 2.41. The molecule has 0 aliphatic heterocycles. The van der Waals surface area contributed by atoms with Crippen LogP contribution in [0.4, 0.5) is 0 Å². The van der Waals surface area contributed by atoms with Crippen LogP contribution in [0.1, 0.15) is 67.3 Å². The van der Waals surface area contributed by atoms with Crippen LogP contribution in [0, 0.1) is 5.92 Å². The van der Waals surface area contributed by atoms with Crippen molar-refractivity contribution in [3.8, 4) is 28.6 Å². The number of ether oxygens (including phenoxy) is 3. The summed E-state index contributed by atoms with van der Waals surface area (Å²) in [4.78, 5) is 31.9. The number of amides is 1. The van der Waals surface area contributed by atoms with Gasteiger partial charge < -0.3 is 14.2 Å². The van der Waals surface area contributed by atoms with E-state index in [0.717, 1.165) is 5.92 Å². The summed E-state index contributed by atoms with van der Waals surface area (Å²) in [5, 5.41) is 0.387. The van der Waals surface area contributed by atoms with E-state index in [9.17, 15) is 9.59 Å². The van der Waals surface area contributed by atoms with Crippen LogP contribution >= 0.6 is 0 Å². The second-order valence-corrected chi connectivity index (χ2v) is 10.6. The highest BCUT2D eigenvalue weighted by molar-refractivity contribution is 6.00. The lowest BCUT2D eigenvalue weighted by atomic mass is 9.77. The van der Waals surface area contributed by atoms with E-state index >= 15 is 0 Å². The van der Waals surface area contributed by atoms with Crippen molar-refractivity contribution in [2.75, 3.05) is 26.8 Å². The Morgan fingerprint density at radius 3 is 2.20 bits per heavy atom. The molecule has 0 atom stereocenters. The minimum absolute atomic E-state index is 0.238. The van der Waals surface area contributed by atoms with E-state index in [1.165, 1.54) is 70.1 Å².